The quantitative estimate of drug-likeness (QED) is 0.180. The topological polar surface area (TPSA) is 115 Å². The number of hydrogen-bond donors (Lipinski definition) is 0. The first kappa shape index (κ1) is 26.7. The third kappa shape index (κ3) is 5.36. The van der Waals surface area contributed by atoms with Crippen molar-refractivity contribution in [1.82, 2.24) is 9.21 Å². The van der Waals surface area contributed by atoms with E-state index in [0.29, 0.717) is 22.1 Å². The summed E-state index contributed by atoms with van der Waals surface area (Å²) >= 11 is 7.30. The van der Waals surface area contributed by atoms with Gasteiger partial charge in [0.15, 0.2) is 5.84 Å². The van der Waals surface area contributed by atoms with E-state index in [1.165, 1.54) is 26.3 Å². The van der Waals surface area contributed by atoms with Crippen LogP contribution in [0.15, 0.2) is 39.5 Å². The molecule has 1 saturated heterocycles. The Morgan fingerprint density at radius 1 is 1.51 bits per heavy atom. The Balaban J connectivity index is 2.27. The predicted molar refractivity (Wildman–Crippen MR) is 133 cm³/mol. The summed E-state index contributed by atoms with van der Waals surface area (Å²) in [6.45, 7) is -0.275. The van der Waals surface area contributed by atoms with Gasteiger partial charge in [-0.05, 0) is 29.1 Å². The van der Waals surface area contributed by atoms with E-state index < -0.39 is 33.9 Å². The molecule has 1 fully saturated rings. The highest BCUT2D eigenvalue weighted by atomic mass is 35.5. The number of carbonyl (C=O) groups excluding carboxylic acids is 1. The molecule has 2 aliphatic rings. The number of amidine groups is 1. The van der Waals surface area contributed by atoms with E-state index in [4.69, 9.17) is 27.8 Å². The zero-order chi connectivity index (χ0) is 25.9. The Kier molecular flexibility index (Phi) is 8.23. The average molecular weight is 538 g/mol. The second-order valence-electron chi connectivity index (χ2n) is 7.56. The van der Waals surface area contributed by atoms with Crippen LogP contribution in [-0.2, 0) is 19.6 Å². The Morgan fingerprint density at radius 2 is 2.23 bits per heavy atom. The lowest BCUT2D eigenvalue weighted by atomic mass is 9.94. The highest BCUT2D eigenvalue weighted by molar-refractivity contribution is 8.19. The molecule has 0 aliphatic carbocycles. The first-order valence-corrected chi connectivity index (χ1v) is 13.2. The van der Waals surface area contributed by atoms with Gasteiger partial charge in [-0.1, -0.05) is 17.7 Å². The molecule has 0 N–H and O–H groups in total. The average Bonchev–Trinajstić information content (AvgIpc) is 3.23. The van der Waals surface area contributed by atoms with Gasteiger partial charge in [0.25, 0.3) is 0 Å². The van der Waals surface area contributed by atoms with Gasteiger partial charge in [-0.25, -0.2) is 17.6 Å². The molecule has 13 heteroatoms. The number of nitriles is 1. The number of methoxy groups -OCH3 is 1. The third-order valence-electron chi connectivity index (χ3n) is 5.51. The van der Waals surface area contributed by atoms with Gasteiger partial charge in [0.05, 0.1) is 25.0 Å². The van der Waals surface area contributed by atoms with E-state index in [1.54, 1.807) is 4.90 Å². The molecule has 9 nitrogen and oxygen atoms in total. The number of carbonyl (C=O) groups is 1. The van der Waals surface area contributed by atoms with Crippen LogP contribution in [-0.4, -0.2) is 74.0 Å². The molecule has 0 bridgehead atoms. The number of nitrogens with zero attached hydrogens (tertiary/aromatic N) is 5. The fraction of sp³-hybridized carbons (Fsp3) is 0.364. The smallest absolute Gasteiger partial charge is 0.338 e. The lowest BCUT2D eigenvalue weighted by Gasteiger charge is -2.32. The van der Waals surface area contributed by atoms with Crippen LogP contribution in [0.4, 0.5) is 4.39 Å². The predicted octanol–water partition coefficient (Wildman–Crippen LogP) is 2.57. The van der Waals surface area contributed by atoms with Gasteiger partial charge in [0.1, 0.15) is 23.4 Å². The van der Waals surface area contributed by atoms with Crippen molar-refractivity contribution in [3.63, 3.8) is 0 Å². The maximum atomic E-state index is 13.8. The number of rotatable bonds is 6. The van der Waals surface area contributed by atoms with E-state index in [9.17, 15) is 22.9 Å². The molecule has 1 aromatic rings. The molecule has 3 rings (SSSR count). The van der Waals surface area contributed by atoms with E-state index in [0.717, 1.165) is 28.4 Å². The van der Waals surface area contributed by atoms with Gasteiger partial charge in [-0.2, -0.15) is 9.57 Å². The number of esters is 1. The summed E-state index contributed by atoms with van der Waals surface area (Å²) in [5.41, 5.74) is 0.904. The lowest BCUT2D eigenvalue weighted by molar-refractivity contribution is -0.136. The van der Waals surface area contributed by atoms with Crippen molar-refractivity contribution in [2.24, 2.45) is 9.98 Å². The summed E-state index contributed by atoms with van der Waals surface area (Å²) in [5, 5.41) is 12.1. The zero-order valence-corrected chi connectivity index (χ0v) is 21.4. The molecule has 0 spiro atoms. The van der Waals surface area contributed by atoms with Crippen LogP contribution in [0.5, 0.6) is 0 Å². The number of aliphatic imine (C=N–C) groups is 2. The van der Waals surface area contributed by atoms with E-state index in [1.807, 2.05) is 6.07 Å². The van der Waals surface area contributed by atoms with Gasteiger partial charge in [-0.3, -0.25) is 9.98 Å². The molecule has 1 aromatic carbocycles. The molecule has 2 heterocycles. The first-order chi connectivity index (χ1) is 16.6. The molecule has 0 unspecified atom stereocenters. The fourth-order valence-corrected chi connectivity index (χ4v) is 5.79. The van der Waals surface area contributed by atoms with Gasteiger partial charge in [0, 0.05) is 42.3 Å². The van der Waals surface area contributed by atoms with Crippen LogP contribution in [0.25, 0.3) is 0 Å². The minimum absolute atomic E-state index is 0.0462. The summed E-state index contributed by atoms with van der Waals surface area (Å²) in [6, 6.07) is 3.93. The third-order valence-corrected chi connectivity index (χ3v) is 7.79. The number of ether oxygens (including phenoxy) is 1. The monoisotopic (exact) mass is 537 g/mol. The fourth-order valence-electron chi connectivity index (χ4n) is 4.09. The van der Waals surface area contributed by atoms with Crippen LogP contribution in [0.3, 0.4) is 0 Å². The Hall–Kier alpha value is -2.90. The van der Waals surface area contributed by atoms with E-state index in [-0.39, 0.29) is 30.1 Å². The molecule has 2 aliphatic heterocycles. The van der Waals surface area contributed by atoms with Crippen molar-refractivity contribution in [2.75, 3.05) is 33.5 Å². The van der Waals surface area contributed by atoms with Crippen LogP contribution in [0.2, 0.25) is 5.02 Å². The summed E-state index contributed by atoms with van der Waals surface area (Å²) in [4.78, 5) is 23.6. The SMILES string of the molecule is C#CSC(=NC)C1=N[C@@H](c2ccc(F)cc2Cl)C(C(=O)OC)=C2C[C@H](N(CC#N)S(C)(=O)=O)CN12. The van der Waals surface area contributed by atoms with Gasteiger partial charge >= 0.3 is 5.97 Å². The maximum absolute atomic E-state index is 13.8. The standard InChI is InChI=1S/C22H21ClFN5O4S2/c1-5-34-21(26-2)20-27-19(15-7-6-13(24)10-16(15)23)18(22(30)33-3)17-11-14(12-28(17)20)29(9-8-25)35(4,31)32/h1,6-7,10,14,19H,9,11-12H2,2-4H3/t14-,19-/m0/s1. The number of hydrogen-bond acceptors (Lipinski definition) is 9. The van der Waals surface area contributed by atoms with E-state index >= 15 is 0 Å². The Labute approximate surface area is 212 Å². The number of benzene rings is 1. The molecule has 2 atom stereocenters. The molecule has 35 heavy (non-hydrogen) atoms. The molecule has 0 radical (unpaired) electrons. The number of halogens is 2. The lowest BCUT2D eigenvalue weighted by Crippen LogP contribution is -2.43. The number of sulfonamides is 1. The Morgan fingerprint density at radius 3 is 2.77 bits per heavy atom. The first-order valence-electron chi connectivity index (χ1n) is 10.1. The second-order valence-corrected chi connectivity index (χ2v) is 10.7. The maximum Gasteiger partial charge on any atom is 0.338 e. The van der Waals surface area contributed by atoms with Gasteiger partial charge < -0.3 is 9.64 Å². The molecule has 0 amide bonds. The highest BCUT2D eigenvalue weighted by Crippen LogP contribution is 2.43. The zero-order valence-electron chi connectivity index (χ0n) is 19.0. The number of terminal acetylenes is 1. The largest absolute Gasteiger partial charge is 0.466 e. The van der Waals surface area contributed by atoms with Crippen LogP contribution in [0.1, 0.15) is 18.0 Å². The van der Waals surface area contributed by atoms with Crippen molar-refractivity contribution < 1.29 is 22.3 Å². The summed E-state index contributed by atoms with van der Waals surface area (Å²) < 4.78 is 44.7. The van der Waals surface area contributed by atoms with Crippen molar-refractivity contribution in [1.29, 1.82) is 5.26 Å². The minimum Gasteiger partial charge on any atom is -0.466 e. The van der Waals surface area contributed by atoms with Gasteiger partial charge in [0.2, 0.25) is 10.0 Å². The summed E-state index contributed by atoms with van der Waals surface area (Å²) in [6.07, 6.45) is 6.59. The molecule has 0 aromatic heterocycles. The molecular formula is C22H21ClFN5O4S2. The summed E-state index contributed by atoms with van der Waals surface area (Å²) in [7, 11) is -1.02. The van der Waals surface area contributed by atoms with Crippen molar-refractivity contribution in [3.8, 4) is 17.7 Å². The summed E-state index contributed by atoms with van der Waals surface area (Å²) in [5.74, 6) is -0.964. The van der Waals surface area contributed by atoms with Crippen LogP contribution >= 0.6 is 23.4 Å². The van der Waals surface area contributed by atoms with E-state index in [2.05, 4.69) is 10.2 Å². The normalized spacial score (nSPS) is 20.3. The number of fused-ring (bicyclic) bond motifs is 1. The molecule has 0 saturated carbocycles. The molecule has 184 valence electrons. The van der Waals surface area contributed by atoms with Crippen molar-refractivity contribution in [3.05, 3.63) is 45.9 Å². The van der Waals surface area contributed by atoms with Crippen LogP contribution in [0, 0.1) is 28.8 Å². The van der Waals surface area contributed by atoms with Crippen molar-refractivity contribution in [2.45, 2.75) is 18.5 Å². The van der Waals surface area contributed by atoms with Gasteiger partial charge in [-0.15, -0.1) is 6.42 Å². The van der Waals surface area contributed by atoms with Crippen molar-refractivity contribution >= 4 is 50.2 Å². The minimum atomic E-state index is -3.75. The molecular weight excluding hydrogens is 517 g/mol. The highest BCUT2D eigenvalue weighted by Gasteiger charge is 2.45. The number of thioether (sulfide) groups is 1. The van der Waals surface area contributed by atoms with Crippen LogP contribution < -0.4 is 0 Å². The Bertz CT molecular complexity index is 1330. The second kappa shape index (κ2) is 10.8.